The number of nitrogens with one attached hydrogen (secondary N) is 2. The van der Waals surface area contributed by atoms with Gasteiger partial charge >= 0.3 is 0 Å². The smallest absolute Gasteiger partial charge is 0.248 e. The van der Waals surface area contributed by atoms with Gasteiger partial charge < -0.3 is 21.1 Å². The molecule has 2 amide bonds. The number of nitrogens with two attached hydrogens (primary N) is 1. The Morgan fingerprint density at radius 3 is 2.44 bits per heavy atom. The molecular weight excluding hydrogens is 318 g/mol. The molecule has 0 fully saturated rings. The van der Waals surface area contributed by atoms with Gasteiger partial charge in [0.1, 0.15) is 11.8 Å². The van der Waals surface area contributed by atoms with Gasteiger partial charge in [0.25, 0.3) is 0 Å². The highest BCUT2D eigenvalue weighted by atomic mass is 16.5. The van der Waals surface area contributed by atoms with Gasteiger partial charge in [-0.2, -0.15) is 0 Å². The molecule has 0 spiro atoms. The molecule has 0 saturated heterocycles. The van der Waals surface area contributed by atoms with Crippen molar-refractivity contribution >= 4 is 23.2 Å². The molecule has 2 aromatic rings. The van der Waals surface area contributed by atoms with Crippen LogP contribution in [0.1, 0.15) is 29.8 Å². The Bertz CT molecular complexity index is 757. The van der Waals surface area contributed by atoms with Crippen molar-refractivity contribution in [3.63, 3.8) is 0 Å². The number of carbonyl (C=O) groups excluding carboxylic acids is 2. The molecule has 2 rings (SSSR count). The second-order valence-corrected chi connectivity index (χ2v) is 5.73. The van der Waals surface area contributed by atoms with Gasteiger partial charge in [0.15, 0.2) is 0 Å². The SMILES string of the molecule is CCOc1cc(C)ccc1NC(C)C(=O)Nc1ccc(C(N)=O)cc1. The van der Waals surface area contributed by atoms with Crippen LogP contribution in [-0.2, 0) is 4.79 Å². The van der Waals surface area contributed by atoms with Gasteiger partial charge in [-0.1, -0.05) is 6.07 Å². The van der Waals surface area contributed by atoms with E-state index < -0.39 is 11.9 Å². The van der Waals surface area contributed by atoms with Crippen LogP contribution in [0.5, 0.6) is 5.75 Å². The highest BCUT2D eigenvalue weighted by Gasteiger charge is 2.15. The first-order valence-electron chi connectivity index (χ1n) is 8.11. The van der Waals surface area contributed by atoms with Gasteiger partial charge in [-0.05, 0) is 62.7 Å². The summed E-state index contributed by atoms with van der Waals surface area (Å²) in [7, 11) is 0. The molecule has 0 aliphatic rings. The Morgan fingerprint density at radius 1 is 1.16 bits per heavy atom. The van der Waals surface area contributed by atoms with Crippen molar-refractivity contribution in [1.29, 1.82) is 0 Å². The Labute approximate surface area is 147 Å². The van der Waals surface area contributed by atoms with E-state index in [2.05, 4.69) is 10.6 Å². The van der Waals surface area contributed by atoms with Crippen molar-refractivity contribution < 1.29 is 14.3 Å². The molecule has 0 radical (unpaired) electrons. The number of ether oxygens (including phenoxy) is 1. The van der Waals surface area contributed by atoms with E-state index in [1.54, 1.807) is 31.2 Å². The summed E-state index contributed by atoms with van der Waals surface area (Å²) in [5.74, 6) is 0.0125. The van der Waals surface area contributed by atoms with Crippen LogP contribution in [-0.4, -0.2) is 24.5 Å². The molecule has 0 aromatic heterocycles. The van der Waals surface area contributed by atoms with Crippen LogP contribution in [0.3, 0.4) is 0 Å². The Kier molecular flexibility index (Phi) is 6.00. The van der Waals surface area contributed by atoms with Gasteiger partial charge in [0, 0.05) is 11.3 Å². The molecular formula is C19H23N3O3. The maximum atomic E-state index is 12.4. The maximum absolute atomic E-state index is 12.4. The zero-order chi connectivity index (χ0) is 18.4. The van der Waals surface area contributed by atoms with E-state index in [1.807, 2.05) is 32.0 Å². The van der Waals surface area contributed by atoms with Crippen LogP contribution in [0.15, 0.2) is 42.5 Å². The van der Waals surface area contributed by atoms with E-state index in [9.17, 15) is 9.59 Å². The summed E-state index contributed by atoms with van der Waals surface area (Å²) < 4.78 is 5.61. The first kappa shape index (κ1) is 18.3. The van der Waals surface area contributed by atoms with Crippen molar-refractivity contribution in [3.8, 4) is 5.75 Å². The quantitative estimate of drug-likeness (QED) is 0.722. The summed E-state index contributed by atoms with van der Waals surface area (Å²) in [5.41, 5.74) is 8.04. The number of carbonyl (C=O) groups is 2. The summed E-state index contributed by atoms with van der Waals surface area (Å²) in [6.07, 6.45) is 0. The van der Waals surface area contributed by atoms with Gasteiger partial charge in [0.05, 0.1) is 12.3 Å². The van der Waals surface area contributed by atoms with E-state index in [0.717, 1.165) is 11.3 Å². The number of primary amides is 1. The van der Waals surface area contributed by atoms with Crippen LogP contribution in [0.2, 0.25) is 0 Å². The highest BCUT2D eigenvalue weighted by molar-refractivity contribution is 5.97. The molecule has 1 unspecified atom stereocenters. The summed E-state index contributed by atoms with van der Waals surface area (Å²) in [4.78, 5) is 23.4. The fourth-order valence-electron chi connectivity index (χ4n) is 2.29. The molecule has 6 nitrogen and oxygen atoms in total. The van der Waals surface area contributed by atoms with Crippen molar-refractivity contribution in [2.45, 2.75) is 26.8 Å². The third-order valence-electron chi connectivity index (χ3n) is 3.64. The van der Waals surface area contributed by atoms with Crippen LogP contribution >= 0.6 is 0 Å². The number of benzene rings is 2. The van der Waals surface area contributed by atoms with Gasteiger partial charge in [-0.15, -0.1) is 0 Å². The molecule has 6 heteroatoms. The minimum atomic E-state index is -0.504. The summed E-state index contributed by atoms with van der Waals surface area (Å²) in [6, 6.07) is 11.7. The first-order chi connectivity index (χ1) is 11.9. The normalized spacial score (nSPS) is 11.5. The predicted octanol–water partition coefficient (Wildman–Crippen LogP) is 2.93. The Hall–Kier alpha value is -3.02. The standard InChI is InChI=1S/C19H23N3O3/c1-4-25-17-11-12(2)5-10-16(17)21-13(3)19(24)22-15-8-6-14(7-9-15)18(20)23/h5-11,13,21H,4H2,1-3H3,(H2,20,23)(H,22,24). The molecule has 2 aromatic carbocycles. The van der Waals surface area contributed by atoms with Crippen molar-refractivity contribution in [1.82, 2.24) is 0 Å². The molecule has 0 aliphatic heterocycles. The van der Waals surface area contributed by atoms with E-state index >= 15 is 0 Å². The van der Waals surface area contributed by atoms with Crippen LogP contribution in [0, 0.1) is 6.92 Å². The molecule has 0 heterocycles. The summed E-state index contributed by atoms with van der Waals surface area (Å²) in [6.45, 7) is 6.21. The average molecular weight is 341 g/mol. The second kappa shape index (κ2) is 8.19. The molecule has 0 bridgehead atoms. The van der Waals surface area contributed by atoms with E-state index in [1.165, 1.54) is 0 Å². The van der Waals surface area contributed by atoms with Gasteiger partial charge in [-0.3, -0.25) is 9.59 Å². The Morgan fingerprint density at radius 2 is 1.84 bits per heavy atom. The molecule has 4 N–H and O–H groups in total. The maximum Gasteiger partial charge on any atom is 0.248 e. The third kappa shape index (κ3) is 4.97. The molecule has 132 valence electrons. The number of hydrogen-bond donors (Lipinski definition) is 3. The van der Waals surface area contributed by atoms with E-state index in [4.69, 9.17) is 10.5 Å². The third-order valence-corrected chi connectivity index (χ3v) is 3.64. The van der Waals surface area contributed by atoms with E-state index in [-0.39, 0.29) is 5.91 Å². The lowest BCUT2D eigenvalue weighted by Crippen LogP contribution is -2.32. The fraction of sp³-hybridized carbons (Fsp3) is 0.263. The topological polar surface area (TPSA) is 93.4 Å². The monoisotopic (exact) mass is 341 g/mol. The largest absolute Gasteiger partial charge is 0.492 e. The fourth-order valence-corrected chi connectivity index (χ4v) is 2.29. The molecule has 25 heavy (non-hydrogen) atoms. The zero-order valence-electron chi connectivity index (χ0n) is 14.6. The summed E-state index contributed by atoms with van der Waals surface area (Å²) >= 11 is 0. The number of anilines is 2. The predicted molar refractivity (Wildman–Crippen MR) is 99.0 cm³/mol. The molecule has 0 aliphatic carbocycles. The zero-order valence-corrected chi connectivity index (χ0v) is 14.6. The second-order valence-electron chi connectivity index (χ2n) is 5.73. The van der Waals surface area contributed by atoms with Crippen LogP contribution < -0.4 is 21.1 Å². The lowest BCUT2D eigenvalue weighted by atomic mass is 10.1. The molecule has 0 saturated carbocycles. The van der Waals surface area contributed by atoms with E-state index in [0.29, 0.717) is 23.6 Å². The lowest BCUT2D eigenvalue weighted by molar-refractivity contribution is -0.116. The average Bonchev–Trinajstić information content (AvgIpc) is 2.58. The van der Waals surface area contributed by atoms with Crippen molar-refractivity contribution in [3.05, 3.63) is 53.6 Å². The van der Waals surface area contributed by atoms with Crippen molar-refractivity contribution in [2.24, 2.45) is 5.73 Å². The molecule has 1 atom stereocenters. The number of hydrogen-bond acceptors (Lipinski definition) is 4. The number of rotatable bonds is 7. The number of amides is 2. The minimum absolute atomic E-state index is 0.199. The van der Waals surface area contributed by atoms with Crippen LogP contribution in [0.25, 0.3) is 0 Å². The van der Waals surface area contributed by atoms with Crippen LogP contribution in [0.4, 0.5) is 11.4 Å². The van der Waals surface area contributed by atoms with Gasteiger partial charge in [-0.25, -0.2) is 0 Å². The highest BCUT2D eigenvalue weighted by Crippen LogP contribution is 2.26. The Balaban J connectivity index is 2.04. The minimum Gasteiger partial charge on any atom is -0.492 e. The number of aryl methyl sites for hydroxylation is 1. The van der Waals surface area contributed by atoms with Crippen molar-refractivity contribution in [2.75, 3.05) is 17.2 Å². The summed E-state index contributed by atoms with van der Waals surface area (Å²) in [5, 5.41) is 5.96. The first-order valence-corrected chi connectivity index (χ1v) is 8.11. The lowest BCUT2D eigenvalue weighted by Gasteiger charge is -2.18. The van der Waals surface area contributed by atoms with Gasteiger partial charge in [0.2, 0.25) is 11.8 Å².